The van der Waals surface area contributed by atoms with E-state index in [-0.39, 0.29) is 17.2 Å². The Labute approximate surface area is 309 Å². The molecule has 2 aliphatic rings. The van der Waals surface area contributed by atoms with Crippen LogP contribution in [0.15, 0.2) is 36.4 Å². The number of aliphatic hydroxyl groups excluding tert-OH is 6. The maximum Gasteiger partial charge on any atom is 0.331 e. The predicted molar refractivity (Wildman–Crippen MR) is 182 cm³/mol. The summed E-state index contributed by atoms with van der Waals surface area (Å²) in [7, 11) is 6.89. The Morgan fingerprint density at radius 3 is 1.76 bits per heavy atom. The lowest BCUT2D eigenvalue weighted by Gasteiger charge is -2.43. The Morgan fingerprint density at radius 1 is 0.722 bits per heavy atom. The number of aliphatic hydroxyl groups is 6. The van der Waals surface area contributed by atoms with E-state index in [1.165, 1.54) is 72.0 Å². The molecule has 298 valence electrons. The fourth-order valence-electron chi connectivity index (χ4n) is 5.67. The Morgan fingerprint density at radius 2 is 1.26 bits per heavy atom. The summed E-state index contributed by atoms with van der Waals surface area (Å²) in [4.78, 5) is 25.6. The number of esters is 2. The molecule has 0 aliphatic carbocycles. The Kier molecular flexibility index (Phi) is 14.5. The van der Waals surface area contributed by atoms with Crippen molar-refractivity contribution in [2.24, 2.45) is 0 Å². The molecule has 0 radical (unpaired) electrons. The second-order valence-corrected chi connectivity index (χ2v) is 11.8. The smallest absolute Gasteiger partial charge is 0.331 e. The number of hydrogen-bond acceptors (Lipinski definition) is 19. The van der Waals surface area contributed by atoms with E-state index in [9.17, 15) is 45.3 Å². The summed E-state index contributed by atoms with van der Waals surface area (Å²) in [6, 6.07) is 5.92. The SMILES string of the molecule is COc1cc(/C=C/C(=O)OC[C@H]2O[C@H](O[C@]3(CO)O[C@@H](CO)[C@@H](O)[C@@H]3OC(=O)/C=C/c3cc(OC)c(OC)c(OC)c3)[C@H](O)[C@@H](O)[C@@H]2O)cc(OC)c1O. The summed E-state index contributed by atoms with van der Waals surface area (Å²) in [6.45, 7) is -2.65. The molecule has 2 aromatic carbocycles. The van der Waals surface area contributed by atoms with Gasteiger partial charge in [0.25, 0.3) is 0 Å². The van der Waals surface area contributed by atoms with Gasteiger partial charge in [-0.3, -0.25) is 0 Å². The lowest BCUT2D eigenvalue weighted by molar-refractivity contribution is -0.383. The van der Waals surface area contributed by atoms with Crippen LogP contribution in [0.3, 0.4) is 0 Å². The standard InChI is InChI=1S/C35H44O19/c1-45-19-10-17(11-20(46-2)27(19)40)6-8-25(38)50-15-24-28(41)30(43)31(44)34(51-24)54-35(16-37)33(29(42)23(14-36)53-35)52-26(39)9-7-18-12-21(47-3)32(49-5)22(13-18)48-4/h6-13,23-24,28-31,33-34,36-37,40-44H,14-16H2,1-5H3/b8-6+,9-7+/t23-,24+,28+,29+,30-,31+,33-,34+,35-/m0/s1. The van der Waals surface area contributed by atoms with Crippen molar-refractivity contribution in [2.45, 2.75) is 54.8 Å². The highest BCUT2D eigenvalue weighted by Crippen LogP contribution is 2.40. The molecule has 9 atom stereocenters. The topological polar surface area (TPSA) is 268 Å². The van der Waals surface area contributed by atoms with Gasteiger partial charge in [0.15, 0.2) is 35.4 Å². The van der Waals surface area contributed by atoms with Crippen molar-refractivity contribution in [1.29, 1.82) is 0 Å². The molecular weight excluding hydrogens is 724 g/mol. The average Bonchev–Trinajstić information content (AvgIpc) is 3.44. The summed E-state index contributed by atoms with van der Waals surface area (Å²) in [5.41, 5.74) is 0.803. The fraction of sp³-hybridized carbons (Fsp3) is 0.486. The zero-order chi connectivity index (χ0) is 39.7. The highest BCUT2D eigenvalue weighted by molar-refractivity contribution is 5.88. The Bertz CT molecular complexity index is 1610. The van der Waals surface area contributed by atoms with Gasteiger partial charge >= 0.3 is 11.9 Å². The highest BCUT2D eigenvalue weighted by atomic mass is 16.8. The van der Waals surface area contributed by atoms with Gasteiger partial charge in [-0.1, -0.05) is 0 Å². The van der Waals surface area contributed by atoms with Gasteiger partial charge in [0.1, 0.15) is 49.8 Å². The van der Waals surface area contributed by atoms with Crippen LogP contribution in [0.5, 0.6) is 34.5 Å². The Balaban J connectivity index is 1.49. The minimum absolute atomic E-state index is 0.0773. The molecule has 2 aromatic rings. The summed E-state index contributed by atoms with van der Waals surface area (Å²) >= 11 is 0. The fourth-order valence-corrected chi connectivity index (χ4v) is 5.67. The molecule has 2 aliphatic heterocycles. The number of hydrogen-bond donors (Lipinski definition) is 7. The highest BCUT2D eigenvalue weighted by Gasteiger charge is 2.60. The van der Waals surface area contributed by atoms with Gasteiger partial charge in [0.05, 0.1) is 42.2 Å². The van der Waals surface area contributed by atoms with E-state index in [0.717, 1.165) is 12.2 Å². The molecular formula is C35H44O19. The molecule has 0 amide bonds. The van der Waals surface area contributed by atoms with E-state index in [1.54, 1.807) is 0 Å². The first-order valence-corrected chi connectivity index (χ1v) is 16.2. The number of ether oxygens (including phenoxy) is 10. The van der Waals surface area contributed by atoms with Crippen molar-refractivity contribution < 1.29 is 92.7 Å². The summed E-state index contributed by atoms with van der Waals surface area (Å²) in [5.74, 6) is -3.69. The van der Waals surface area contributed by atoms with Crippen LogP contribution < -0.4 is 23.7 Å². The van der Waals surface area contributed by atoms with Crippen molar-refractivity contribution in [1.82, 2.24) is 0 Å². The van der Waals surface area contributed by atoms with Crippen LogP contribution in [0.1, 0.15) is 11.1 Å². The number of methoxy groups -OCH3 is 5. The largest absolute Gasteiger partial charge is 0.502 e. The normalized spacial score (nSPS) is 28.2. The van der Waals surface area contributed by atoms with E-state index < -0.39 is 86.6 Å². The molecule has 2 fully saturated rings. The second-order valence-electron chi connectivity index (χ2n) is 11.8. The molecule has 7 N–H and O–H groups in total. The maximum absolute atomic E-state index is 13.0. The third-order valence-electron chi connectivity index (χ3n) is 8.51. The zero-order valence-corrected chi connectivity index (χ0v) is 29.9. The number of phenolic OH excluding ortho intramolecular Hbond substituents is 1. The molecule has 19 heteroatoms. The van der Waals surface area contributed by atoms with E-state index in [4.69, 9.17) is 47.4 Å². The lowest BCUT2D eigenvalue weighted by atomic mass is 9.98. The second kappa shape index (κ2) is 18.6. The molecule has 2 saturated heterocycles. The molecule has 0 aromatic heterocycles. The van der Waals surface area contributed by atoms with Crippen molar-refractivity contribution in [2.75, 3.05) is 55.4 Å². The lowest BCUT2D eigenvalue weighted by Crippen LogP contribution is -2.63. The number of carbonyl (C=O) groups is 2. The number of phenols is 1. The van der Waals surface area contributed by atoms with E-state index >= 15 is 0 Å². The maximum atomic E-state index is 13.0. The van der Waals surface area contributed by atoms with Gasteiger partial charge in [-0.05, 0) is 47.5 Å². The van der Waals surface area contributed by atoms with Crippen molar-refractivity contribution >= 4 is 24.1 Å². The Hall–Kier alpha value is -4.70. The molecule has 0 spiro atoms. The van der Waals surface area contributed by atoms with Crippen LogP contribution >= 0.6 is 0 Å². The van der Waals surface area contributed by atoms with Crippen molar-refractivity contribution in [3.05, 3.63) is 47.5 Å². The minimum atomic E-state index is -2.49. The van der Waals surface area contributed by atoms with Crippen molar-refractivity contribution in [3.8, 4) is 34.5 Å². The van der Waals surface area contributed by atoms with Gasteiger partial charge in [0, 0.05) is 12.2 Å². The van der Waals surface area contributed by atoms with Crippen molar-refractivity contribution in [3.63, 3.8) is 0 Å². The summed E-state index contributed by atoms with van der Waals surface area (Å²) in [6.07, 6.45) is -9.75. The van der Waals surface area contributed by atoms with Crippen LogP contribution in [0, 0.1) is 0 Å². The number of aromatic hydroxyl groups is 1. The van der Waals surface area contributed by atoms with E-state index in [1.807, 2.05) is 0 Å². The summed E-state index contributed by atoms with van der Waals surface area (Å²) in [5, 5.41) is 73.3. The van der Waals surface area contributed by atoms with Crippen LogP contribution in [0.25, 0.3) is 12.2 Å². The third kappa shape index (κ3) is 9.14. The number of rotatable bonds is 16. The number of benzene rings is 2. The molecule has 0 bridgehead atoms. The minimum Gasteiger partial charge on any atom is -0.502 e. The summed E-state index contributed by atoms with van der Waals surface area (Å²) < 4.78 is 53.6. The third-order valence-corrected chi connectivity index (χ3v) is 8.51. The first kappa shape index (κ1) is 42.0. The van der Waals surface area contributed by atoms with Gasteiger partial charge in [-0.15, -0.1) is 0 Å². The van der Waals surface area contributed by atoms with E-state index in [0.29, 0.717) is 28.4 Å². The monoisotopic (exact) mass is 768 g/mol. The number of carbonyl (C=O) groups excluding carboxylic acids is 2. The first-order valence-electron chi connectivity index (χ1n) is 16.2. The first-order chi connectivity index (χ1) is 25.8. The zero-order valence-electron chi connectivity index (χ0n) is 29.9. The quantitative estimate of drug-likeness (QED) is 0.0788. The van der Waals surface area contributed by atoms with Crippen LogP contribution in [-0.2, 0) is 33.3 Å². The van der Waals surface area contributed by atoms with Gasteiger partial charge in [0.2, 0.25) is 17.3 Å². The molecule has 2 heterocycles. The van der Waals surface area contributed by atoms with Crippen LogP contribution in [0.2, 0.25) is 0 Å². The predicted octanol–water partition coefficient (Wildman–Crippen LogP) is -1.12. The van der Waals surface area contributed by atoms with Crippen LogP contribution in [0.4, 0.5) is 0 Å². The van der Waals surface area contributed by atoms with Gasteiger partial charge in [-0.25, -0.2) is 9.59 Å². The van der Waals surface area contributed by atoms with E-state index in [2.05, 4.69) is 0 Å². The molecule has 0 saturated carbocycles. The van der Waals surface area contributed by atoms with Gasteiger partial charge in [-0.2, -0.15) is 0 Å². The van der Waals surface area contributed by atoms with Gasteiger partial charge < -0.3 is 83.1 Å². The molecule has 0 unspecified atom stereocenters. The molecule has 4 rings (SSSR count). The molecule has 19 nitrogen and oxygen atoms in total. The molecule has 54 heavy (non-hydrogen) atoms. The average molecular weight is 769 g/mol. The van der Waals surface area contributed by atoms with Crippen LogP contribution in [-0.4, -0.2) is 158 Å².